The first kappa shape index (κ1) is 34.8. The molecule has 0 fully saturated rings. The largest absolute Gasteiger partial charge is 0.458 e. The van der Waals surface area contributed by atoms with Crippen LogP contribution in [-0.2, 0) is 0 Å². The Kier molecular flexibility index (Phi) is 8.16. The van der Waals surface area contributed by atoms with Gasteiger partial charge in [0.15, 0.2) is 0 Å². The van der Waals surface area contributed by atoms with Crippen molar-refractivity contribution < 1.29 is 9.30 Å². The SMILES string of the molecule is [c-]1n(-c2cccc(Oc3ccc4c(c3)N3B(c5ccccc5-c5cccnc53)N4c3ccccc3)c2)c2ccccc2[n+]1-c1c(-c2ccccc2)cccc1-c1ccccc1. The first-order chi connectivity index (χ1) is 30.3. The Balaban J connectivity index is 0.962. The highest BCUT2D eigenvalue weighted by atomic mass is 16.5. The first-order valence-electron chi connectivity index (χ1n) is 20.6. The van der Waals surface area contributed by atoms with Gasteiger partial charge in [0, 0.05) is 23.5 Å². The summed E-state index contributed by atoms with van der Waals surface area (Å²) in [5, 5.41) is 0. The van der Waals surface area contributed by atoms with Crippen LogP contribution >= 0.6 is 0 Å². The molecule has 6 nitrogen and oxygen atoms in total. The summed E-state index contributed by atoms with van der Waals surface area (Å²) in [6.45, 7) is -0.117. The number of hydrogen-bond donors (Lipinski definition) is 0. The Morgan fingerprint density at radius 2 is 1.10 bits per heavy atom. The molecule has 2 aliphatic rings. The second-order valence-corrected chi connectivity index (χ2v) is 15.4. The topological polar surface area (TPSA) is 37.4 Å². The van der Waals surface area contributed by atoms with E-state index in [-0.39, 0.29) is 6.98 Å². The number of ether oxygens (including phenoxy) is 1. The monoisotopic (exact) mass is 781 g/mol. The van der Waals surface area contributed by atoms with Crippen molar-refractivity contribution in [3.05, 3.63) is 225 Å². The summed E-state index contributed by atoms with van der Waals surface area (Å²) in [6.07, 6.45) is 5.68. The van der Waals surface area contributed by atoms with Gasteiger partial charge in [-0.2, -0.15) is 0 Å². The zero-order valence-corrected chi connectivity index (χ0v) is 33.0. The number of nitrogens with zero attached hydrogens (tertiary/aromatic N) is 5. The second-order valence-electron chi connectivity index (χ2n) is 15.4. The number of rotatable bonds is 7. The van der Waals surface area contributed by atoms with E-state index in [1.165, 1.54) is 11.0 Å². The van der Waals surface area contributed by atoms with Gasteiger partial charge in [-0.1, -0.05) is 152 Å². The minimum absolute atomic E-state index is 0.117. The van der Waals surface area contributed by atoms with Gasteiger partial charge in [0.1, 0.15) is 17.3 Å². The molecule has 2 aromatic heterocycles. The van der Waals surface area contributed by atoms with Gasteiger partial charge in [0.25, 0.3) is 6.33 Å². The molecule has 0 saturated carbocycles. The molecule has 10 aromatic rings. The van der Waals surface area contributed by atoms with E-state index in [2.05, 4.69) is 219 Å². The van der Waals surface area contributed by atoms with Crippen molar-refractivity contribution in [2.45, 2.75) is 0 Å². The summed E-state index contributed by atoms with van der Waals surface area (Å²) in [4.78, 5) is 9.77. The summed E-state index contributed by atoms with van der Waals surface area (Å²) >= 11 is 0. The fraction of sp³-hybridized carbons (Fsp3) is 0. The molecular formula is C54H36BN5O. The van der Waals surface area contributed by atoms with Gasteiger partial charge in [-0.3, -0.25) is 9.13 Å². The molecule has 61 heavy (non-hydrogen) atoms. The molecule has 0 N–H and O–H groups in total. The van der Waals surface area contributed by atoms with Crippen molar-refractivity contribution in [2.75, 3.05) is 9.62 Å². The molecule has 286 valence electrons. The van der Waals surface area contributed by atoms with Crippen LogP contribution < -0.4 is 24.4 Å². The lowest BCUT2D eigenvalue weighted by atomic mass is 9.60. The van der Waals surface area contributed by atoms with E-state index in [0.717, 1.165) is 84.6 Å². The average molecular weight is 782 g/mol. The van der Waals surface area contributed by atoms with E-state index in [9.17, 15) is 0 Å². The van der Waals surface area contributed by atoms with E-state index < -0.39 is 0 Å². The Morgan fingerprint density at radius 1 is 0.475 bits per heavy atom. The molecule has 0 spiro atoms. The third kappa shape index (κ3) is 5.74. The zero-order chi connectivity index (χ0) is 40.3. The summed E-state index contributed by atoms with van der Waals surface area (Å²) in [6, 6.07) is 74.4. The summed E-state index contributed by atoms with van der Waals surface area (Å²) in [5.74, 6) is 2.39. The van der Waals surface area contributed by atoms with Crippen LogP contribution in [0.1, 0.15) is 0 Å². The van der Waals surface area contributed by atoms with Crippen molar-refractivity contribution in [2.24, 2.45) is 0 Å². The molecule has 0 saturated heterocycles. The quantitative estimate of drug-likeness (QED) is 0.0917. The molecule has 0 atom stereocenters. The predicted octanol–water partition coefficient (Wildman–Crippen LogP) is 11.9. The first-order valence-corrected chi connectivity index (χ1v) is 20.6. The van der Waals surface area contributed by atoms with Crippen molar-refractivity contribution in [3.8, 4) is 56.3 Å². The summed E-state index contributed by atoms with van der Waals surface area (Å²) in [7, 11) is 0. The highest BCUT2D eigenvalue weighted by Crippen LogP contribution is 2.51. The van der Waals surface area contributed by atoms with E-state index in [4.69, 9.17) is 9.72 Å². The third-order valence-corrected chi connectivity index (χ3v) is 11.8. The van der Waals surface area contributed by atoms with Crippen LogP contribution in [0.3, 0.4) is 0 Å². The summed E-state index contributed by atoms with van der Waals surface area (Å²) in [5.41, 5.74) is 15.4. The molecule has 4 heterocycles. The Hall–Kier alpha value is -8.16. The van der Waals surface area contributed by atoms with E-state index >= 15 is 0 Å². The molecule has 2 aliphatic heterocycles. The maximum atomic E-state index is 6.80. The van der Waals surface area contributed by atoms with Crippen LogP contribution in [0.2, 0.25) is 0 Å². The van der Waals surface area contributed by atoms with Crippen LogP contribution in [-0.4, -0.2) is 16.5 Å². The van der Waals surface area contributed by atoms with Gasteiger partial charge in [-0.05, 0) is 87.9 Å². The number of fused-ring (bicyclic) bond motifs is 9. The lowest BCUT2D eigenvalue weighted by Gasteiger charge is -2.35. The molecule has 0 radical (unpaired) electrons. The minimum atomic E-state index is -0.117. The molecular weight excluding hydrogens is 745 g/mol. The van der Waals surface area contributed by atoms with Crippen LogP contribution in [0.25, 0.3) is 55.8 Å². The number of hydrogen-bond acceptors (Lipinski definition) is 4. The highest BCUT2D eigenvalue weighted by Gasteiger charge is 2.48. The molecule has 0 aliphatic carbocycles. The van der Waals surface area contributed by atoms with Gasteiger partial charge in [-0.25, -0.2) is 4.98 Å². The van der Waals surface area contributed by atoms with E-state index in [0.29, 0.717) is 0 Å². The maximum Gasteiger partial charge on any atom is 0.422 e. The van der Waals surface area contributed by atoms with Gasteiger partial charge in [0.2, 0.25) is 0 Å². The fourth-order valence-electron chi connectivity index (χ4n) is 9.21. The van der Waals surface area contributed by atoms with Crippen molar-refractivity contribution in [3.63, 3.8) is 0 Å². The molecule has 7 heteroatoms. The number of pyridine rings is 1. The number of aromatic nitrogens is 3. The minimum Gasteiger partial charge on any atom is -0.458 e. The number of para-hydroxylation sites is 4. The predicted molar refractivity (Wildman–Crippen MR) is 247 cm³/mol. The zero-order valence-electron chi connectivity index (χ0n) is 33.0. The Bertz CT molecular complexity index is 3200. The van der Waals surface area contributed by atoms with E-state index in [1.54, 1.807) is 0 Å². The van der Waals surface area contributed by atoms with Gasteiger partial charge < -0.3 is 14.4 Å². The lowest BCUT2D eigenvalue weighted by Crippen LogP contribution is -2.55. The lowest BCUT2D eigenvalue weighted by molar-refractivity contribution is -0.571. The fourth-order valence-corrected chi connectivity index (χ4v) is 9.21. The van der Waals surface area contributed by atoms with Crippen molar-refractivity contribution >= 4 is 46.4 Å². The number of anilines is 4. The Labute approximate surface area is 354 Å². The molecule has 12 rings (SSSR count). The normalized spacial score (nSPS) is 12.5. The second kappa shape index (κ2) is 14.3. The standard InChI is InChI=1S/C54H36BN5O/c1-4-17-38(18-5-1)44-26-15-27-45(39-19-6-2-7-20-39)53(44)58-37-57(49-30-12-13-31-50(49)58)41-23-14-24-42(35-41)61-43-32-33-51-52(36-43)60-54-47(28-16-34-56-54)46-25-10-11-29-48(46)55(60)59(51)40-21-8-3-9-22-40/h1-36H. The van der Waals surface area contributed by atoms with Crippen LogP contribution in [0.15, 0.2) is 219 Å². The van der Waals surface area contributed by atoms with E-state index in [1.807, 2.05) is 24.4 Å². The Morgan fingerprint density at radius 3 is 1.89 bits per heavy atom. The van der Waals surface area contributed by atoms with Gasteiger partial charge in [0.05, 0.1) is 33.8 Å². The highest BCUT2D eigenvalue weighted by molar-refractivity contribution is 6.86. The average Bonchev–Trinajstić information content (AvgIpc) is 3.89. The number of imidazole rings is 1. The maximum absolute atomic E-state index is 6.80. The summed E-state index contributed by atoms with van der Waals surface area (Å²) < 4.78 is 11.2. The van der Waals surface area contributed by atoms with Crippen LogP contribution in [0.4, 0.5) is 22.9 Å². The molecule has 8 aromatic carbocycles. The van der Waals surface area contributed by atoms with Crippen LogP contribution in [0, 0.1) is 6.33 Å². The van der Waals surface area contributed by atoms with Crippen molar-refractivity contribution in [1.29, 1.82) is 0 Å². The van der Waals surface area contributed by atoms with Crippen LogP contribution in [0.5, 0.6) is 11.5 Å². The smallest absolute Gasteiger partial charge is 0.422 e. The molecule has 0 bridgehead atoms. The van der Waals surface area contributed by atoms with Gasteiger partial charge >= 0.3 is 6.98 Å². The van der Waals surface area contributed by atoms with Gasteiger partial charge in [-0.15, -0.1) is 0 Å². The molecule has 0 unspecified atom stereocenters. The molecule has 0 amide bonds. The van der Waals surface area contributed by atoms with Crippen molar-refractivity contribution in [1.82, 2.24) is 9.55 Å². The number of benzene rings is 8. The third-order valence-electron chi connectivity index (χ3n) is 11.8.